The van der Waals surface area contributed by atoms with Crippen molar-refractivity contribution in [2.45, 2.75) is 75.9 Å². The molecule has 3 unspecified atom stereocenters. The van der Waals surface area contributed by atoms with E-state index in [0.717, 1.165) is 70.0 Å². The molecule has 10 nitrogen and oxygen atoms in total. The molecule has 3 atom stereocenters. The second-order valence-electron chi connectivity index (χ2n) is 12.1. The molecule has 0 bridgehead atoms. The molecule has 0 spiro atoms. The van der Waals surface area contributed by atoms with Crippen LogP contribution in [0.5, 0.6) is 0 Å². The van der Waals surface area contributed by atoms with Crippen LogP contribution in [0, 0.1) is 5.92 Å². The number of hydrogen-bond donors (Lipinski definition) is 1. The van der Waals surface area contributed by atoms with Crippen molar-refractivity contribution in [3.63, 3.8) is 0 Å². The standard InChI is InChI=1S/C29H42ClN5O5S2/c1-32(28(37)21-6-2-3-7-21)22-12-16-33(18-22)19-23-8-4-15-35(23)27(36)20-34-14-5-9-25(29(34)38)31-42(39,40)17-13-24-10-11-26(30)41-24/h10-11,13,17,21-23,25,31H,2-9,12,14-16,18-20H2,1H3/b17-13+. The molecule has 3 aliphatic heterocycles. The van der Waals surface area contributed by atoms with Crippen LogP contribution in [0.1, 0.15) is 62.7 Å². The lowest BCUT2D eigenvalue weighted by atomic mass is 10.1. The molecule has 232 valence electrons. The Kier molecular flexibility index (Phi) is 10.3. The van der Waals surface area contributed by atoms with E-state index >= 15 is 0 Å². The van der Waals surface area contributed by atoms with Gasteiger partial charge >= 0.3 is 0 Å². The number of carbonyl (C=O) groups excluding carboxylic acids is 3. The largest absolute Gasteiger partial charge is 0.341 e. The minimum atomic E-state index is -3.85. The van der Waals surface area contributed by atoms with Gasteiger partial charge < -0.3 is 14.7 Å². The topological polar surface area (TPSA) is 110 Å². The number of nitrogens with zero attached hydrogens (tertiary/aromatic N) is 4. The van der Waals surface area contributed by atoms with Crippen molar-refractivity contribution in [3.05, 3.63) is 26.8 Å². The van der Waals surface area contributed by atoms with Crippen LogP contribution in [0.2, 0.25) is 4.34 Å². The smallest absolute Gasteiger partial charge is 0.242 e. The number of piperidine rings is 1. The summed E-state index contributed by atoms with van der Waals surface area (Å²) in [7, 11) is -1.91. The Morgan fingerprint density at radius 3 is 2.57 bits per heavy atom. The van der Waals surface area contributed by atoms with Crippen LogP contribution in [0.3, 0.4) is 0 Å². The van der Waals surface area contributed by atoms with Gasteiger partial charge in [0.05, 0.1) is 10.9 Å². The Bertz CT molecular complexity index is 1280. The van der Waals surface area contributed by atoms with Crippen LogP contribution < -0.4 is 4.72 Å². The number of likely N-dealkylation sites (tertiary alicyclic amines) is 3. The van der Waals surface area contributed by atoms with Crippen molar-refractivity contribution in [1.29, 1.82) is 0 Å². The maximum atomic E-state index is 13.4. The third-order valence-electron chi connectivity index (χ3n) is 9.18. The fourth-order valence-corrected chi connectivity index (χ4v) is 8.93. The Balaban J connectivity index is 1.11. The van der Waals surface area contributed by atoms with Gasteiger partial charge in [0.25, 0.3) is 0 Å². The molecule has 1 aromatic heterocycles. The van der Waals surface area contributed by atoms with E-state index in [2.05, 4.69) is 9.62 Å². The first-order valence-corrected chi connectivity index (χ1v) is 17.9. The van der Waals surface area contributed by atoms with Gasteiger partial charge in [0.2, 0.25) is 27.7 Å². The predicted molar refractivity (Wildman–Crippen MR) is 164 cm³/mol. The number of nitrogens with one attached hydrogen (secondary N) is 1. The molecule has 5 rings (SSSR count). The molecule has 1 aliphatic carbocycles. The maximum absolute atomic E-state index is 13.4. The van der Waals surface area contributed by atoms with E-state index in [1.54, 1.807) is 12.1 Å². The summed E-state index contributed by atoms with van der Waals surface area (Å²) in [5, 5.41) is 1.05. The summed E-state index contributed by atoms with van der Waals surface area (Å²) in [6, 6.07) is 2.82. The van der Waals surface area contributed by atoms with Gasteiger partial charge in [0.15, 0.2) is 0 Å². The minimum Gasteiger partial charge on any atom is -0.341 e. The van der Waals surface area contributed by atoms with Gasteiger partial charge in [0.1, 0.15) is 6.04 Å². The Labute approximate surface area is 258 Å². The fourth-order valence-electron chi connectivity index (χ4n) is 6.86. The molecule has 4 aliphatic rings. The quantitative estimate of drug-likeness (QED) is 0.422. The molecule has 1 N–H and O–H groups in total. The van der Waals surface area contributed by atoms with Gasteiger partial charge in [-0.3, -0.25) is 19.3 Å². The normalized spacial score (nSPS) is 26.1. The van der Waals surface area contributed by atoms with Crippen molar-refractivity contribution < 1.29 is 22.8 Å². The van der Waals surface area contributed by atoms with E-state index in [1.165, 1.54) is 22.3 Å². The number of carbonyl (C=O) groups is 3. The number of amides is 3. The SMILES string of the molecule is CN(C(=O)C1CCCC1)C1CCN(CC2CCCN2C(=O)CN2CCCC(NS(=O)(=O)/C=C/c3ccc(Cl)s3)C2=O)C1. The van der Waals surface area contributed by atoms with Crippen LogP contribution >= 0.6 is 22.9 Å². The molecule has 3 amide bonds. The lowest BCUT2D eigenvalue weighted by Gasteiger charge is -2.35. The van der Waals surface area contributed by atoms with Gasteiger partial charge in [-0.15, -0.1) is 11.3 Å². The molecule has 1 saturated carbocycles. The lowest BCUT2D eigenvalue weighted by molar-refractivity contribution is -0.143. The molecule has 3 saturated heterocycles. The van der Waals surface area contributed by atoms with Crippen LogP contribution in [-0.4, -0.2) is 110 Å². The Hall–Kier alpha value is -1.99. The highest BCUT2D eigenvalue weighted by Gasteiger charge is 2.38. The molecule has 42 heavy (non-hydrogen) atoms. The van der Waals surface area contributed by atoms with Gasteiger partial charge in [-0.25, -0.2) is 8.42 Å². The van der Waals surface area contributed by atoms with Crippen molar-refractivity contribution in [2.75, 3.05) is 46.3 Å². The summed E-state index contributed by atoms with van der Waals surface area (Å²) >= 11 is 7.17. The molecule has 1 aromatic rings. The van der Waals surface area contributed by atoms with E-state index in [9.17, 15) is 22.8 Å². The zero-order valence-corrected chi connectivity index (χ0v) is 26.6. The van der Waals surface area contributed by atoms with Crippen LogP contribution in [0.4, 0.5) is 0 Å². The van der Waals surface area contributed by atoms with Crippen molar-refractivity contribution in [3.8, 4) is 0 Å². The zero-order valence-electron chi connectivity index (χ0n) is 24.2. The highest BCUT2D eigenvalue weighted by Crippen LogP contribution is 2.29. The maximum Gasteiger partial charge on any atom is 0.242 e. The second-order valence-corrected chi connectivity index (χ2v) is 15.4. The van der Waals surface area contributed by atoms with Crippen molar-refractivity contribution in [1.82, 2.24) is 24.3 Å². The number of halogens is 1. The summed E-state index contributed by atoms with van der Waals surface area (Å²) in [5.41, 5.74) is 0. The number of thiophene rings is 1. The molecule has 4 heterocycles. The number of rotatable bonds is 10. The minimum absolute atomic E-state index is 0.0433. The third-order valence-corrected chi connectivity index (χ3v) is 11.5. The van der Waals surface area contributed by atoms with Crippen LogP contribution in [0.25, 0.3) is 6.08 Å². The summed E-state index contributed by atoms with van der Waals surface area (Å²) in [5.74, 6) is 0.0147. The van der Waals surface area contributed by atoms with E-state index in [4.69, 9.17) is 11.6 Å². The first-order valence-electron chi connectivity index (χ1n) is 15.1. The van der Waals surface area contributed by atoms with Gasteiger partial charge in [-0.05, 0) is 63.2 Å². The summed E-state index contributed by atoms with van der Waals surface area (Å²) in [4.78, 5) is 47.9. The molecule has 0 aromatic carbocycles. The van der Waals surface area contributed by atoms with E-state index < -0.39 is 16.1 Å². The average molecular weight is 640 g/mol. The Morgan fingerprint density at radius 1 is 1.07 bits per heavy atom. The monoisotopic (exact) mass is 639 g/mol. The first-order chi connectivity index (χ1) is 20.1. The average Bonchev–Trinajstić information content (AvgIpc) is 3.77. The second kappa shape index (κ2) is 13.8. The van der Waals surface area contributed by atoms with Gasteiger partial charge in [-0.2, -0.15) is 4.72 Å². The Morgan fingerprint density at radius 2 is 1.83 bits per heavy atom. The lowest BCUT2D eigenvalue weighted by Crippen LogP contribution is -2.55. The third kappa shape index (κ3) is 7.74. The predicted octanol–water partition coefficient (Wildman–Crippen LogP) is 3.00. The van der Waals surface area contributed by atoms with Crippen LogP contribution in [0.15, 0.2) is 17.5 Å². The number of likely N-dealkylation sites (N-methyl/N-ethyl adjacent to an activating group) is 1. The van der Waals surface area contributed by atoms with Gasteiger partial charge in [-0.1, -0.05) is 24.4 Å². The number of sulfonamides is 1. The van der Waals surface area contributed by atoms with Gasteiger partial charge in [0, 0.05) is 68.1 Å². The van der Waals surface area contributed by atoms with E-state index in [1.807, 2.05) is 16.8 Å². The summed E-state index contributed by atoms with van der Waals surface area (Å²) in [6.07, 6.45) is 9.56. The van der Waals surface area contributed by atoms with Crippen molar-refractivity contribution >= 4 is 56.8 Å². The highest BCUT2D eigenvalue weighted by atomic mass is 35.5. The van der Waals surface area contributed by atoms with E-state index in [-0.39, 0.29) is 42.3 Å². The molecule has 0 radical (unpaired) electrons. The van der Waals surface area contributed by atoms with Crippen molar-refractivity contribution in [2.24, 2.45) is 5.92 Å². The van der Waals surface area contributed by atoms with Crippen LogP contribution in [-0.2, 0) is 24.4 Å². The molecular weight excluding hydrogens is 598 g/mol. The highest BCUT2D eigenvalue weighted by molar-refractivity contribution is 7.92. The molecule has 13 heteroatoms. The fraction of sp³-hybridized carbons (Fsp3) is 0.690. The summed E-state index contributed by atoms with van der Waals surface area (Å²) < 4.78 is 28.3. The van der Waals surface area contributed by atoms with E-state index in [0.29, 0.717) is 35.1 Å². The summed E-state index contributed by atoms with van der Waals surface area (Å²) in [6.45, 7) is 3.56. The first kappa shape index (κ1) is 31.4. The zero-order chi connectivity index (χ0) is 29.9. The molecular formula is C29H42ClN5O5S2. The number of hydrogen-bond acceptors (Lipinski definition) is 7. The molecule has 4 fully saturated rings.